The minimum atomic E-state index is -0.755. The van der Waals surface area contributed by atoms with Crippen LogP contribution in [0.2, 0.25) is 0 Å². The van der Waals surface area contributed by atoms with Crippen molar-refractivity contribution in [2.75, 3.05) is 0 Å². The summed E-state index contributed by atoms with van der Waals surface area (Å²) < 4.78 is 0. The lowest BCUT2D eigenvalue weighted by Gasteiger charge is -2.45. The van der Waals surface area contributed by atoms with E-state index < -0.39 is 5.54 Å². The van der Waals surface area contributed by atoms with E-state index in [0.717, 1.165) is 12.8 Å². The fraction of sp³-hybridized carbons (Fsp3) is 0.818. The van der Waals surface area contributed by atoms with Gasteiger partial charge in [-0.2, -0.15) is 0 Å². The lowest BCUT2D eigenvalue weighted by molar-refractivity contribution is -0.156. The van der Waals surface area contributed by atoms with Crippen molar-refractivity contribution in [2.45, 2.75) is 57.7 Å². The summed E-state index contributed by atoms with van der Waals surface area (Å²) in [6, 6.07) is -0.335. The quantitative estimate of drug-likeness (QED) is 0.691. The van der Waals surface area contributed by atoms with Crippen LogP contribution in [-0.4, -0.2) is 33.8 Å². The van der Waals surface area contributed by atoms with Crippen molar-refractivity contribution in [1.82, 2.24) is 10.2 Å². The van der Waals surface area contributed by atoms with E-state index in [-0.39, 0.29) is 23.4 Å². The van der Waals surface area contributed by atoms with E-state index in [9.17, 15) is 9.59 Å². The maximum absolute atomic E-state index is 12.2. The summed E-state index contributed by atoms with van der Waals surface area (Å²) in [7, 11) is 0. The number of hydrogen-bond acceptors (Lipinski definition) is 2. The van der Waals surface area contributed by atoms with E-state index in [2.05, 4.69) is 12.2 Å². The normalized spacial score (nSPS) is 32.5. The molecule has 0 aromatic heterocycles. The Hall–Kier alpha value is -1.06. The van der Waals surface area contributed by atoms with Gasteiger partial charge in [0.05, 0.1) is 0 Å². The molecule has 0 aromatic carbocycles. The van der Waals surface area contributed by atoms with E-state index in [4.69, 9.17) is 0 Å². The van der Waals surface area contributed by atoms with Gasteiger partial charge in [0.2, 0.25) is 11.8 Å². The van der Waals surface area contributed by atoms with Gasteiger partial charge in [-0.15, -0.1) is 0 Å². The van der Waals surface area contributed by atoms with Crippen molar-refractivity contribution in [1.29, 1.82) is 0 Å². The lowest BCUT2D eigenvalue weighted by atomic mass is 9.95. The zero-order valence-corrected chi connectivity index (χ0v) is 9.76. The fourth-order valence-corrected chi connectivity index (χ4v) is 2.19. The summed E-state index contributed by atoms with van der Waals surface area (Å²) in [5, 5.41) is 2.75. The lowest BCUT2D eigenvalue weighted by Crippen LogP contribution is -2.69. The number of amides is 2. The number of nitrogens with zero attached hydrogens (tertiary/aromatic N) is 1. The average molecular weight is 210 g/mol. The van der Waals surface area contributed by atoms with Crippen LogP contribution in [0.4, 0.5) is 0 Å². The molecule has 1 heterocycles. The van der Waals surface area contributed by atoms with Crippen LogP contribution in [0, 0.1) is 0 Å². The van der Waals surface area contributed by atoms with Gasteiger partial charge in [0, 0.05) is 5.54 Å². The highest BCUT2D eigenvalue weighted by atomic mass is 16.2. The highest BCUT2D eigenvalue weighted by Gasteiger charge is 2.55. The van der Waals surface area contributed by atoms with Crippen molar-refractivity contribution in [2.24, 2.45) is 0 Å². The van der Waals surface area contributed by atoms with Gasteiger partial charge in [-0.3, -0.25) is 9.59 Å². The summed E-state index contributed by atoms with van der Waals surface area (Å²) in [6.45, 7) is 7.37. The largest absolute Gasteiger partial charge is 0.340 e. The molecule has 1 atom stereocenters. The van der Waals surface area contributed by atoms with Crippen LogP contribution in [-0.2, 0) is 9.59 Å². The van der Waals surface area contributed by atoms with Crippen molar-refractivity contribution in [3.8, 4) is 0 Å². The molecule has 0 aromatic rings. The topological polar surface area (TPSA) is 49.4 Å². The molecule has 1 saturated heterocycles. The third-order valence-electron chi connectivity index (χ3n) is 3.51. The zero-order chi connectivity index (χ0) is 11.4. The smallest absolute Gasteiger partial charge is 0.248 e. The minimum Gasteiger partial charge on any atom is -0.340 e. The number of nitrogens with one attached hydrogen (secondary N) is 1. The predicted octanol–water partition coefficient (Wildman–Crippen LogP) is 0.664. The van der Waals surface area contributed by atoms with Crippen LogP contribution in [0.15, 0.2) is 0 Å². The molecular weight excluding hydrogens is 192 g/mol. The summed E-state index contributed by atoms with van der Waals surface area (Å²) in [5.41, 5.74) is -0.833. The molecule has 0 bridgehead atoms. The molecule has 1 aliphatic carbocycles. The molecule has 0 spiro atoms. The molecule has 4 nitrogen and oxygen atoms in total. The third kappa shape index (κ3) is 1.43. The van der Waals surface area contributed by atoms with Gasteiger partial charge in [0.15, 0.2) is 0 Å². The molecule has 84 valence electrons. The Kier molecular flexibility index (Phi) is 1.91. The first-order chi connectivity index (χ1) is 6.78. The maximum Gasteiger partial charge on any atom is 0.248 e. The van der Waals surface area contributed by atoms with Gasteiger partial charge in [0.1, 0.15) is 11.6 Å². The van der Waals surface area contributed by atoms with Crippen LogP contribution >= 0.6 is 0 Å². The Balaban J connectivity index is 2.34. The molecule has 1 N–H and O–H groups in total. The second-order valence-electron chi connectivity index (χ2n) is 5.46. The van der Waals surface area contributed by atoms with Crippen LogP contribution in [0.25, 0.3) is 0 Å². The Labute approximate surface area is 90.0 Å². The van der Waals surface area contributed by atoms with E-state index in [1.807, 2.05) is 0 Å². The maximum atomic E-state index is 12.2. The highest BCUT2D eigenvalue weighted by Crippen LogP contribution is 2.44. The summed E-state index contributed by atoms with van der Waals surface area (Å²) in [4.78, 5) is 25.7. The van der Waals surface area contributed by atoms with Crippen molar-refractivity contribution in [3.63, 3.8) is 0 Å². The molecule has 0 radical (unpaired) electrons. The summed E-state index contributed by atoms with van der Waals surface area (Å²) in [6.07, 6.45) is 2.01. The Morgan fingerprint density at radius 3 is 2.27 bits per heavy atom. The molecule has 4 heteroatoms. The molecule has 1 aliphatic heterocycles. The number of rotatable bonds is 1. The third-order valence-corrected chi connectivity index (χ3v) is 3.51. The van der Waals surface area contributed by atoms with E-state index in [0.29, 0.717) is 0 Å². The van der Waals surface area contributed by atoms with E-state index in [1.54, 1.807) is 25.7 Å². The van der Waals surface area contributed by atoms with Gasteiger partial charge in [-0.25, -0.2) is 0 Å². The van der Waals surface area contributed by atoms with Gasteiger partial charge < -0.3 is 10.2 Å². The van der Waals surface area contributed by atoms with Crippen molar-refractivity contribution in [3.05, 3.63) is 0 Å². The second kappa shape index (κ2) is 2.74. The standard InChI is InChI=1S/C11H18N2O2/c1-7-8(14)12-10(2,3)9(15)13(7)11(4)5-6-11/h7H,5-6H2,1-4H3,(H,12,14). The predicted molar refractivity (Wildman–Crippen MR) is 56.2 cm³/mol. The van der Waals surface area contributed by atoms with Crippen LogP contribution in [0.1, 0.15) is 40.5 Å². The molecular formula is C11H18N2O2. The SMILES string of the molecule is CC1C(=O)NC(C)(C)C(=O)N1C1(C)CC1. The molecule has 2 aliphatic rings. The first-order valence-electron chi connectivity index (χ1n) is 5.44. The summed E-state index contributed by atoms with van der Waals surface area (Å²) >= 11 is 0. The highest BCUT2D eigenvalue weighted by molar-refractivity contribution is 5.99. The first kappa shape index (κ1) is 10.5. The van der Waals surface area contributed by atoms with Crippen LogP contribution < -0.4 is 5.32 Å². The molecule has 2 rings (SSSR count). The van der Waals surface area contributed by atoms with Crippen molar-refractivity contribution < 1.29 is 9.59 Å². The van der Waals surface area contributed by atoms with Crippen LogP contribution in [0.5, 0.6) is 0 Å². The molecule has 2 amide bonds. The molecule has 1 saturated carbocycles. The molecule has 1 unspecified atom stereocenters. The van der Waals surface area contributed by atoms with Gasteiger partial charge in [-0.05, 0) is 40.5 Å². The van der Waals surface area contributed by atoms with Gasteiger partial charge >= 0.3 is 0 Å². The minimum absolute atomic E-state index is 0.0367. The second-order valence-corrected chi connectivity index (χ2v) is 5.46. The first-order valence-corrected chi connectivity index (χ1v) is 5.44. The number of hydrogen-bond donors (Lipinski definition) is 1. The number of carbonyl (C=O) groups excluding carboxylic acids is 2. The molecule has 15 heavy (non-hydrogen) atoms. The Morgan fingerprint density at radius 1 is 1.27 bits per heavy atom. The number of piperazine rings is 1. The van der Waals surface area contributed by atoms with E-state index in [1.165, 1.54) is 0 Å². The average Bonchev–Trinajstić information content (AvgIpc) is 2.81. The zero-order valence-electron chi connectivity index (χ0n) is 9.76. The number of carbonyl (C=O) groups is 2. The van der Waals surface area contributed by atoms with Gasteiger partial charge in [-0.1, -0.05) is 0 Å². The monoisotopic (exact) mass is 210 g/mol. The fourth-order valence-electron chi connectivity index (χ4n) is 2.19. The van der Waals surface area contributed by atoms with Crippen LogP contribution in [0.3, 0.4) is 0 Å². The Morgan fingerprint density at radius 2 is 1.80 bits per heavy atom. The van der Waals surface area contributed by atoms with E-state index >= 15 is 0 Å². The molecule has 2 fully saturated rings. The van der Waals surface area contributed by atoms with Crippen molar-refractivity contribution >= 4 is 11.8 Å². The summed E-state index contributed by atoms with van der Waals surface area (Å²) in [5.74, 6) is -0.0117. The Bertz CT molecular complexity index is 331. The van der Waals surface area contributed by atoms with Gasteiger partial charge in [0.25, 0.3) is 0 Å².